The first-order chi connectivity index (χ1) is 7.29. The minimum absolute atomic E-state index is 0. The van der Waals surface area contributed by atoms with Gasteiger partial charge in [0.05, 0.1) is 18.7 Å². The molecule has 1 fully saturated rings. The highest BCUT2D eigenvalue weighted by molar-refractivity contribution is 5.15. The van der Waals surface area contributed by atoms with Gasteiger partial charge in [-0.05, 0) is 18.4 Å². The minimum atomic E-state index is -0.398. The van der Waals surface area contributed by atoms with Gasteiger partial charge in [0.2, 0.25) is 0 Å². The molecular weight excluding hydrogens is 222 g/mol. The first-order valence-corrected chi connectivity index (χ1v) is 5.87. The number of nitrogens with two attached hydrogens (primary N) is 1. The van der Waals surface area contributed by atoms with E-state index in [1.165, 1.54) is 5.56 Å². The third-order valence-corrected chi connectivity index (χ3v) is 3.35. The van der Waals surface area contributed by atoms with E-state index in [9.17, 15) is 5.11 Å². The van der Waals surface area contributed by atoms with E-state index >= 15 is 0 Å². The lowest BCUT2D eigenvalue weighted by Crippen LogP contribution is -3.00. The Morgan fingerprint density at radius 1 is 1.12 bits per heavy atom. The van der Waals surface area contributed by atoms with Crippen molar-refractivity contribution in [2.24, 2.45) is 0 Å². The summed E-state index contributed by atoms with van der Waals surface area (Å²) in [6, 6.07) is 10.4. The molecule has 2 rings (SSSR count). The summed E-state index contributed by atoms with van der Waals surface area (Å²) in [4.78, 5) is 0. The summed E-state index contributed by atoms with van der Waals surface area (Å²) >= 11 is 0. The second-order valence-corrected chi connectivity index (χ2v) is 4.58. The number of benzene rings is 1. The molecule has 0 saturated carbocycles. The van der Waals surface area contributed by atoms with Crippen molar-refractivity contribution < 1.29 is 22.8 Å². The maximum atomic E-state index is 10.3. The van der Waals surface area contributed by atoms with Crippen LogP contribution in [0.4, 0.5) is 0 Å². The SMILES string of the molecule is OC1(CCc2ccccc2)CC[NH2+]CC1.[Cl-]. The maximum absolute atomic E-state index is 10.3. The Hall–Kier alpha value is -0.570. The fourth-order valence-electron chi connectivity index (χ4n) is 2.28. The van der Waals surface area contributed by atoms with Crippen molar-refractivity contribution in [3.63, 3.8) is 0 Å². The van der Waals surface area contributed by atoms with Crippen LogP contribution in [0.15, 0.2) is 30.3 Å². The van der Waals surface area contributed by atoms with Crippen molar-refractivity contribution >= 4 is 0 Å². The Labute approximate surface area is 103 Å². The van der Waals surface area contributed by atoms with Gasteiger partial charge in [0.1, 0.15) is 0 Å². The Morgan fingerprint density at radius 3 is 2.38 bits per heavy atom. The first-order valence-electron chi connectivity index (χ1n) is 5.87. The van der Waals surface area contributed by atoms with E-state index in [1.54, 1.807) is 0 Å². The number of hydrogen-bond acceptors (Lipinski definition) is 1. The summed E-state index contributed by atoms with van der Waals surface area (Å²) < 4.78 is 0. The summed E-state index contributed by atoms with van der Waals surface area (Å²) in [5, 5.41) is 12.6. The van der Waals surface area contributed by atoms with Crippen molar-refractivity contribution in [2.45, 2.75) is 31.3 Å². The van der Waals surface area contributed by atoms with Crippen LogP contribution in [-0.2, 0) is 6.42 Å². The van der Waals surface area contributed by atoms with Gasteiger partial charge in [-0.25, -0.2) is 0 Å². The molecule has 0 unspecified atom stereocenters. The number of hydrogen-bond donors (Lipinski definition) is 2. The van der Waals surface area contributed by atoms with Crippen LogP contribution in [0.2, 0.25) is 0 Å². The number of halogens is 1. The van der Waals surface area contributed by atoms with E-state index in [1.807, 2.05) is 6.07 Å². The number of rotatable bonds is 3. The molecule has 1 aliphatic rings. The third-order valence-electron chi connectivity index (χ3n) is 3.35. The highest BCUT2D eigenvalue weighted by Crippen LogP contribution is 2.22. The molecule has 3 N–H and O–H groups in total. The van der Waals surface area contributed by atoms with Crippen LogP contribution in [0.3, 0.4) is 0 Å². The van der Waals surface area contributed by atoms with Crippen LogP contribution in [0, 0.1) is 0 Å². The lowest BCUT2D eigenvalue weighted by Gasteiger charge is -2.30. The fraction of sp³-hybridized carbons (Fsp3) is 0.538. The first kappa shape index (κ1) is 13.5. The van der Waals surface area contributed by atoms with Gasteiger partial charge in [0.15, 0.2) is 0 Å². The van der Waals surface area contributed by atoms with Crippen LogP contribution in [0.25, 0.3) is 0 Å². The highest BCUT2D eigenvalue weighted by Gasteiger charge is 2.30. The summed E-state index contributed by atoms with van der Waals surface area (Å²) in [6.07, 6.45) is 3.79. The van der Waals surface area contributed by atoms with Crippen LogP contribution >= 0.6 is 0 Å². The predicted octanol–water partition coefficient (Wildman–Crippen LogP) is -2.29. The molecule has 0 aromatic heterocycles. The minimum Gasteiger partial charge on any atom is -1.00 e. The van der Waals surface area contributed by atoms with E-state index in [0.717, 1.165) is 38.8 Å². The highest BCUT2D eigenvalue weighted by atomic mass is 35.5. The second-order valence-electron chi connectivity index (χ2n) is 4.58. The number of aryl methyl sites for hydroxylation is 1. The molecule has 1 heterocycles. The summed E-state index contributed by atoms with van der Waals surface area (Å²) in [5.74, 6) is 0. The molecule has 1 aromatic carbocycles. The van der Waals surface area contributed by atoms with Gasteiger partial charge in [0, 0.05) is 12.8 Å². The van der Waals surface area contributed by atoms with Gasteiger partial charge in [-0.15, -0.1) is 0 Å². The van der Waals surface area contributed by atoms with E-state index in [-0.39, 0.29) is 12.4 Å². The normalized spacial score (nSPS) is 18.8. The van der Waals surface area contributed by atoms with Crippen molar-refractivity contribution in [3.05, 3.63) is 35.9 Å². The van der Waals surface area contributed by atoms with Gasteiger partial charge in [0.25, 0.3) is 0 Å². The molecule has 2 nitrogen and oxygen atoms in total. The molecule has 0 atom stereocenters. The molecule has 16 heavy (non-hydrogen) atoms. The van der Waals surface area contributed by atoms with E-state index in [2.05, 4.69) is 29.6 Å². The van der Waals surface area contributed by atoms with Crippen molar-refractivity contribution in [2.75, 3.05) is 13.1 Å². The van der Waals surface area contributed by atoms with Gasteiger partial charge in [-0.2, -0.15) is 0 Å². The zero-order valence-corrected chi connectivity index (χ0v) is 10.3. The molecule has 0 spiro atoms. The van der Waals surface area contributed by atoms with Gasteiger partial charge < -0.3 is 22.8 Å². The largest absolute Gasteiger partial charge is 1.00 e. The van der Waals surface area contributed by atoms with Gasteiger partial charge >= 0.3 is 0 Å². The Morgan fingerprint density at radius 2 is 1.75 bits per heavy atom. The van der Waals surface area contributed by atoms with Crippen LogP contribution in [0.1, 0.15) is 24.8 Å². The van der Waals surface area contributed by atoms with Crippen molar-refractivity contribution in [1.82, 2.24) is 0 Å². The average molecular weight is 242 g/mol. The molecule has 3 heteroatoms. The fourth-order valence-corrected chi connectivity index (χ4v) is 2.28. The van der Waals surface area contributed by atoms with Crippen LogP contribution in [0.5, 0.6) is 0 Å². The number of piperidine rings is 1. The Kier molecular flexibility index (Phi) is 5.26. The lowest BCUT2D eigenvalue weighted by atomic mass is 9.86. The molecule has 0 aliphatic carbocycles. The number of quaternary nitrogens is 1. The summed E-state index contributed by atoms with van der Waals surface area (Å²) in [6.45, 7) is 2.15. The third kappa shape index (κ3) is 3.78. The molecule has 1 aliphatic heterocycles. The quantitative estimate of drug-likeness (QED) is 0.615. The van der Waals surface area contributed by atoms with Crippen LogP contribution < -0.4 is 17.7 Å². The van der Waals surface area contributed by atoms with Crippen molar-refractivity contribution in [1.29, 1.82) is 0 Å². The maximum Gasteiger partial charge on any atom is 0.0783 e. The smallest absolute Gasteiger partial charge is 0.0783 e. The monoisotopic (exact) mass is 241 g/mol. The van der Waals surface area contributed by atoms with Gasteiger partial charge in [-0.1, -0.05) is 30.3 Å². The zero-order chi connectivity index (χ0) is 10.6. The van der Waals surface area contributed by atoms with E-state index < -0.39 is 5.60 Å². The Bertz CT molecular complexity index is 296. The Balaban J connectivity index is 0.00000128. The lowest BCUT2D eigenvalue weighted by molar-refractivity contribution is -0.668. The standard InChI is InChI=1S/C13H19NO.ClH/c15-13(8-10-14-11-9-13)7-6-12-4-2-1-3-5-12;/h1-5,14-15H,6-11H2;1H. The molecular formula is C13H20ClNO. The molecule has 0 radical (unpaired) electrons. The van der Waals surface area contributed by atoms with Crippen LogP contribution in [-0.4, -0.2) is 23.8 Å². The molecule has 1 saturated heterocycles. The summed E-state index contributed by atoms with van der Waals surface area (Å²) in [5.41, 5.74) is 0.936. The summed E-state index contributed by atoms with van der Waals surface area (Å²) in [7, 11) is 0. The van der Waals surface area contributed by atoms with Crippen molar-refractivity contribution in [3.8, 4) is 0 Å². The van der Waals surface area contributed by atoms with Gasteiger partial charge in [-0.3, -0.25) is 0 Å². The zero-order valence-electron chi connectivity index (χ0n) is 9.53. The molecule has 0 amide bonds. The molecule has 0 bridgehead atoms. The average Bonchev–Trinajstić information content (AvgIpc) is 2.29. The van der Waals surface area contributed by atoms with E-state index in [4.69, 9.17) is 0 Å². The molecule has 90 valence electrons. The number of aliphatic hydroxyl groups is 1. The predicted molar refractivity (Wildman–Crippen MR) is 60.6 cm³/mol. The molecule has 1 aromatic rings. The second kappa shape index (κ2) is 6.24. The topological polar surface area (TPSA) is 36.8 Å². The van der Waals surface area contributed by atoms with E-state index in [0.29, 0.717) is 0 Å².